The Balaban J connectivity index is 2.23. The van der Waals surface area contributed by atoms with E-state index in [4.69, 9.17) is 9.63 Å². The predicted octanol–water partition coefficient (Wildman–Crippen LogP) is 1.35. The van der Waals surface area contributed by atoms with E-state index in [0.29, 0.717) is 5.82 Å². The van der Waals surface area contributed by atoms with E-state index in [-0.39, 0.29) is 17.6 Å². The number of aromatic nitrogens is 4. The van der Waals surface area contributed by atoms with E-state index in [1.165, 1.54) is 0 Å². The molecule has 0 saturated heterocycles. The van der Waals surface area contributed by atoms with Crippen molar-refractivity contribution in [2.45, 2.75) is 19.8 Å². The van der Waals surface area contributed by atoms with Crippen molar-refractivity contribution in [1.82, 2.24) is 20.1 Å². The van der Waals surface area contributed by atoms with Crippen molar-refractivity contribution in [2.75, 3.05) is 0 Å². The molecule has 2 unspecified atom stereocenters. The smallest absolute Gasteiger partial charge is 0.307 e. The third kappa shape index (κ3) is 2.34. The Morgan fingerprint density at radius 1 is 1.28 bits per heavy atom. The number of hydrogen-bond acceptors (Lipinski definition) is 6. The summed E-state index contributed by atoms with van der Waals surface area (Å²) >= 11 is 0. The Bertz CT molecular complexity index is 540. The number of carboxylic acids is 1. The SMILES string of the molecule is CC(C(=O)O)C(C)c1nc(-c2ncccn2)no1. The maximum atomic E-state index is 10.9. The van der Waals surface area contributed by atoms with Gasteiger partial charge in [-0.15, -0.1) is 0 Å². The second-order valence-corrected chi connectivity index (χ2v) is 3.94. The van der Waals surface area contributed by atoms with E-state index in [2.05, 4.69) is 20.1 Å². The van der Waals surface area contributed by atoms with E-state index < -0.39 is 11.9 Å². The van der Waals surface area contributed by atoms with Gasteiger partial charge in [0, 0.05) is 18.3 Å². The second-order valence-electron chi connectivity index (χ2n) is 3.94. The zero-order chi connectivity index (χ0) is 13.1. The molecule has 0 bridgehead atoms. The first-order valence-electron chi connectivity index (χ1n) is 5.43. The van der Waals surface area contributed by atoms with Gasteiger partial charge in [-0.05, 0) is 6.07 Å². The number of nitrogens with zero attached hydrogens (tertiary/aromatic N) is 4. The van der Waals surface area contributed by atoms with Gasteiger partial charge in [-0.3, -0.25) is 4.79 Å². The van der Waals surface area contributed by atoms with Crippen LogP contribution in [0.4, 0.5) is 0 Å². The molecule has 18 heavy (non-hydrogen) atoms. The molecule has 2 aromatic rings. The van der Waals surface area contributed by atoms with Gasteiger partial charge in [-0.1, -0.05) is 19.0 Å². The standard InChI is InChI=1S/C11H12N4O3/c1-6(7(2)11(16)17)10-14-9(15-18-10)8-12-4-3-5-13-8/h3-7H,1-2H3,(H,16,17). The molecule has 0 radical (unpaired) electrons. The number of rotatable bonds is 4. The van der Waals surface area contributed by atoms with E-state index in [9.17, 15) is 4.79 Å². The molecule has 7 heteroatoms. The van der Waals surface area contributed by atoms with Crippen molar-refractivity contribution in [3.05, 3.63) is 24.4 Å². The van der Waals surface area contributed by atoms with E-state index in [1.807, 2.05) is 0 Å². The summed E-state index contributed by atoms with van der Waals surface area (Å²) in [6.45, 7) is 3.32. The van der Waals surface area contributed by atoms with Gasteiger partial charge in [-0.25, -0.2) is 9.97 Å². The normalized spacial score (nSPS) is 14.1. The highest BCUT2D eigenvalue weighted by Crippen LogP contribution is 2.24. The van der Waals surface area contributed by atoms with Gasteiger partial charge in [0.2, 0.25) is 17.5 Å². The van der Waals surface area contributed by atoms with Crippen molar-refractivity contribution in [1.29, 1.82) is 0 Å². The number of aliphatic carboxylic acids is 1. The molecule has 7 nitrogen and oxygen atoms in total. The molecule has 0 saturated carbocycles. The largest absolute Gasteiger partial charge is 0.481 e. The third-order valence-corrected chi connectivity index (χ3v) is 2.74. The zero-order valence-electron chi connectivity index (χ0n) is 9.94. The summed E-state index contributed by atoms with van der Waals surface area (Å²) in [5.74, 6) is -0.995. The molecule has 0 amide bonds. The molecule has 1 N–H and O–H groups in total. The maximum Gasteiger partial charge on any atom is 0.307 e. The molecule has 0 fully saturated rings. The molecular weight excluding hydrogens is 236 g/mol. The molecule has 0 aliphatic heterocycles. The summed E-state index contributed by atoms with van der Waals surface area (Å²) in [7, 11) is 0. The first kappa shape index (κ1) is 12.2. The molecular formula is C11H12N4O3. The minimum absolute atomic E-state index is 0.259. The van der Waals surface area contributed by atoms with Gasteiger partial charge < -0.3 is 9.63 Å². The molecule has 94 valence electrons. The summed E-state index contributed by atoms with van der Waals surface area (Å²) in [5.41, 5.74) is 0. The van der Waals surface area contributed by atoms with Crippen LogP contribution in [0.5, 0.6) is 0 Å². The lowest BCUT2D eigenvalue weighted by Gasteiger charge is -2.10. The van der Waals surface area contributed by atoms with Crippen LogP contribution in [0.3, 0.4) is 0 Å². The Kier molecular flexibility index (Phi) is 3.31. The molecule has 2 heterocycles. The fourth-order valence-corrected chi connectivity index (χ4v) is 1.35. The van der Waals surface area contributed by atoms with Crippen LogP contribution in [-0.4, -0.2) is 31.2 Å². The van der Waals surface area contributed by atoms with Crippen LogP contribution in [0.25, 0.3) is 11.6 Å². The van der Waals surface area contributed by atoms with Crippen LogP contribution in [0.1, 0.15) is 25.7 Å². The van der Waals surface area contributed by atoms with E-state index >= 15 is 0 Å². The zero-order valence-corrected chi connectivity index (χ0v) is 9.94. The van der Waals surface area contributed by atoms with E-state index in [0.717, 1.165) is 0 Å². The summed E-state index contributed by atoms with van der Waals surface area (Å²) in [4.78, 5) is 23.0. The minimum Gasteiger partial charge on any atom is -0.481 e. The van der Waals surface area contributed by atoms with Crippen molar-refractivity contribution >= 4 is 5.97 Å². The van der Waals surface area contributed by atoms with Gasteiger partial charge in [0.15, 0.2) is 0 Å². The highest BCUT2D eigenvalue weighted by Gasteiger charge is 2.26. The van der Waals surface area contributed by atoms with Gasteiger partial charge in [0.25, 0.3) is 0 Å². The van der Waals surface area contributed by atoms with Crippen molar-refractivity contribution < 1.29 is 14.4 Å². The fraction of sp³-hybridized carbons (Fsp3) is 0.364. The molecule has 0 aromatic carbocycles. The molecule has 0 aliphatic carbocycles. The quantitative estimate of drug-likeness (QED) is 0.871. The Morgan fingerprint density at radius 2 is 1.94 bits per heavy atom. The lowest BCUT2D eigenvalue weighted by Crippen LogP contribution is -2.16. The lowest BCUT2D eigenvalue weighted by atomic mass is 9.96. The topological polar surface area (TPSA) is 102 Å². The second kappa shape index (κ2) is 4.91. The summed E-state index contributed by atoms with van der Waals surface area (Å²) in [6, 6.07) is 1.68. The summed E-state index contributed by atoms with van der Waals surface area (Å²) in [6.07, 6.45) is 3.14. The first-order chi connectivity index (χ1) is 8.59. The van der Waals surface area contributed by atoms with Crippen LogP contribution in [0.15, 0.2) is 23.0 Å². The average molecular weight is 248 g/mol. The van der Waals surface area contributed by atoms with Gasteiger partial charge in [0.1, 0.15) is 0 Å². The van der Waals surface area contributed by atoms with Gasteiger partial charge in [-0.2, -0.15) is 4.98 Å². The third-order valence-electron chi connectivity index (χ3n) is 2.74. The van der Waals surface area contributed by atoms with Gasteiger partial charge in [0.05, 0.1) is 5.92 Å². The van der Waals surface area contributed by atoms with Crippen LogP contribution in [-0.2, 0) is 4.79 Å². The monoisotopic (exact) mass is 248 g/mol. The van der Waals surface area contributed by atoms with Crippen LogP contribution < -0.4 is 0 Å². The Labute approximate surface area is 103 Å². The molecule has 2 atom stereocenters. The molecule has 2 rings (SSSR count). The van der Waals surface area contributed by atoms with Crippen LogP contribution >= 0.6 is 0 Å². The number of carboxylic acid groups (broad SMARTS) is 1. The Hall–Kier alpha value is -2.31. The predicted molar refractivity (Wildman–Crippen MR) is 60.5 cm³/mol. The molecule has 0 aliphatic rings. The minimum atomic E-state index is -0.904. The van der Waals surface area contributed by atoms with Crippen molar-refractivity contribution in [2.24, 2.45) is 5.92 Å². The lowest BCUT2D eigenvalue weighted by molar-refractivity contribution is -0.141. The average Bonchev–Trinajstić information content (AvgIpc) is 2.87. The number of carbonyl (C=O) groups is 1. The summed E-state index contributed by atoms with van der Waals surface area (Å²) in [5, 5.41) is 12.7. The summed E-state index contributed by atoms with van der Waals surface area (Å²) < 4.78 is 5.05. The van der Waals surface area contributed by atoms with Crippen molar-refractivity contribution in [3.8, 4) is 11.6 Å². The molecule has 2 aromatic heterocycles. The fourth-order valence-electron chi connectivity index (χ4n) is 1.35. The van der Waals surface area contributed by atoms with Crippen molar-refractivity contribution in [3.63, 3.8) is 0 Å². The van der Waals surface area contributed by atoms with E-state index in [1.54, 1.807) is 32.3 Å². The maximum absolute atomic E-state index is 10.9. The highest BCUT2D eigenvalue weighted by molar-refractivity contribution is 5.70. The Morgan fingerprint density at radius 3 is 2.56 bits per heavy atom. The van der Waals surface area contributed by atoms with Gasteiger partial charge >= 0.3 is 5.97 Å². The number of hydrogen-bond donors (Lipinski definition) is 1. The highest BCUT2D eigenvalue weighted by atomic mass is 16.5. The molecule has 0 spiro atoms. The van der Waals surface area contributed by atoms with Crippen LogP contribution in [0, 0.1) is 5.92 Å². The first-order valence-corrected chi connectivity index (χ1v) is 5.43. The van der Waals surface area contributed by atoms with Crippen LogP contribution in [0.2, 0.25) is 0 Å².